The molecule has 0 aromatic heterocycles. The molecule has 2 nitrogen and oxygen atoms in total. The van der Waals surface area contributed by atoms with Gasteiger partial charge in [0.25, 0.3) is 0 Å². The SMILES string of the molecule is FC(F)(F)Oc1ccc(CNCCCC=C(c2ccccc2)c2ccccc2)cc1. The van der Waals surface area contributed by atoms with Crippen molar-refractivity contribution in [3.8, 4) is 5.75 Å². The lowest BCUT2D eigenvalue weighted by Crippen LogP contribution is -2.17. The van der Waals surface area contributed by atoms with Crippen LogP contribution in [0.3, 0.4) is 0 Å². The van der Waals surface area contributed by atoms with Crippen molar-refractivity contribution in [3.63, 3.8) is 0 Å². The molecule has 0 aliphatic rings. The number of hydrogen-bond acceptors (Lipinski definition) is 2. The number of halogens is 3. The van der Waals surface area contributed by atoms with Gasteiger partial charge in [-0.2, -0.15) is 0 Å². The van der Waals surface area contributed by atoms with E-state index < -0.39 is 6.36 Å². The lowest BCUT2D eigenvalue weighted by molar-refractivity contribution is -0.274. The minimum Gasteiger partial charge on any atom is -0.406 e. The summed E-state index contributed by atoms with van der Waals surface area (Å²) in [5.74, 6) is -0.203. The molecule has 0 radical (unpaired) electrons. The Bertz CT molecular complexity index is 879. The summed E-state index contributed by atoms with van der Waals surface area (Å²) in [6.07, 6.45) is -0.524. The maximum atomic E-state index is 12.2. The quantitative estimate of drug-likeness (QED) is 0.401. The van der Waals surface area contributed by atoms with Crippen LogP contribution in [-0.2, 0) is 6.54 Å². The minimum absolute atomic E-state index is 0.203. The Hall–Kier alpha value is -3.05. The highest BCUT2D eigenvalue weighted by Gasteiger charge is 2.30. The molecule has 0 aliphatic heterocycles. The maximum Gasteiger partial charge on any atom is 0.573 e. The highest BCUT2D eigenvalue weighted by Crippen LogP contribution is 2.24. The first kappa shape index (κ1) is 21.7. The van der Waals surface area contributed by atoms with Crippen molar-refractivity contribution >= 4 is 5.57 Å². The van der Waals surface area contributed by atoms with E-state index in [1.807, 2.05) is 36.4 Å². The van der Waals surface area contributed by atoms with Crippen LogP contribution in [0.25, 0.3) is 5.57 Å². The van der Waals surface area contributed by atoms with Gasteiger partial charge in [-0.05, 0) is 53.8 Å². The number of hydrogen-bond donors (Lipinski definition) is 1. The second kappa shape index (κ2) is 10.6. The molecule has 0 aliphatic carbocycles. The van der Waals surface area contributed by atoms with Crippen molar-refractivity contribution < 1.29 is 17.9 Å². The molecule has 0 atom stereocenters. The van der Waals surface area contributed by atoms with Gasteiger partial charge in [-0.1, -0.05) is 78.9 Å². The van der Waals surface area contributed by atoms with Crippen molar-refractivity contribution in [1.82, 2.24) is 5.32 Å². The molecule has 0 spiro atoms. The highest BCUT2D eigenvalue weighted by molar-refractivity contribution is 5.79. The van der Waals surface area contributed by atoms with Crippen molar-refractivity contribution in [2.75, 3.05) is 6.54 Å². The van der Waals surface area contributed by atoms with E-state index in [-0.39, 0.29) is 5.75 Å². The summed E-state index contributed by atoms with van der Waals surface area (Å²) in [4.78, 5) is 0. The summed E-state index contributed by atoms with van der Waals surface area (Å²) >= 11 is 0. The fraction of sp³-hybridized carbons (Fsp3) is 0.200. The van der Waals surface area contributed by atoms with Gasteiger partial charge in [0.1, 0.15) is 5.75 Å². The van der Waals surface area contributed by atoms with Crippen LogP contribution in [-0.4, -0.2) is 12.9 Å². The van der Waals surface area contributed by atoms with Gasteiger partial charge >= 0.3 is 6.36 Å². The average molecular weight is 411 g/mol. The summed E-state index contributed by atoms with van der Waals surface area (Å²) in [5.41, 5.74) is 4.52. The van der Waals surface area contributed by atoms with Crippen LogP contribution in [0, 0.1) is 0 Å². The van der Waals surface area contributed by atoms with Gasteiger partial charge in [0.05, 0.1) is 0 Å². The van der Waals surface area contributed by atoms with Gasteiger partial charge in [-0.15, -0.1) is 13.2 Å². The standard InChI is InChI=1S/C25H24F3NO/c26-25(27,28)30-23-16-14-20(15-17-23)19-29-18-8-7-13-24(21-9-3-1-4-10-21)22-11-5-2-6-12-22/h1-6,9-17,29H,7-8,18-19H2. The fourth-order valence-corrected chi connectivity index (χ4v) is 3.15. The first-order valence-electron chi connectivity index (χ1n) is 9.88. The molecular weight excluding hydrogens is 387 g/mol. The molecule has 0 amide bonds. The largest absolute Gasteiger partial charge is 0.573 e. The van der Waals surface area contributed by atoms with E-state index in [4.69, 9.17) is 0 Å². The zero-order chi connectivity index (χ0) is 21.2. The normalized spacial score (nSPS) is 11.2. The molecule has 5 heteroatoms. The predicted molar refractivity (Wildman–Crippen MR) is 114 cm³/mol. The van der Waals surface area contributed by atoms with Crippen molar-refractivity contribution in [2.45, 2.75) is 25.7 Å². The first-order chi connectivity index (χ1) is 14.5. The predicted octanol–water partition coefficient (Wildman–Crippen LogP) is 6.59. The number of allylic oxidation sites excluding steroid dienone is 1. The molecule has 3 aromatic carbocycles. The number of nitrogens with one attached hydrogen (secondary N) is 1. The number of ether oxygens (including phenoxy) is 1. The van der Waals surface area contributed by atoms with Gasteiger partial charge in [0.2, 0.25) is 0 Å². The van der Waals surface area contributed by atoms with Gasteiger partial charge in [-0.25, -0.2) is 0 Å². The van der Waals surface area contributed by atoms with Crippen LogP contribution in [0.4, 0.5) is 13.2 Å². The van der Waals surface area contributed by atoms with E-state index in [1.54, 1.807) is 12.1 Å². The molecule has 3 aromatic rings. The Morgan fingerprint density at radius 2 is 1.37 bits per heavy atom. The van der Waals surface area contributed by atoms with Crippen LogP contribution in [0.2, 0.25) is 0 Å². The zero-order valence-electron chi connectivity index (χ0n) is 16.5. The average Bonchev–Trinajstić information content (AvgIpc) is 2.74. The smallest absolute Gasteiger partial charge is 0.406 e. The Balaban J connectivity index is 1.48. The van der Waals surface area contributed by atoms with Gasteiger partial charge in [0, 0.05) is 6.54 Å². The zero-order valence-corrected chi connectivity index (χ0v) is 16.5. The van der Waals surface area contributed by atoms with Crippen LogP contribution in [0.15, 0.2) is 91.0 Å². The number of rotatable bonds is 9. The van der Waals surface area contributed by atoms with Crippen LogP contribution in [0.1, 0.15) is 29.5 Å². The van der Waals surface area contributed by atoms with E-state index >= 15 is 0 Å². The summed E-state index contributed by atoms with van der Waals surface area (Å²) in [7, 11) is 0. The molecule has 30 heavy (non-hydrogen) atoms. The molecule has 156 valence electrons. The van der Waals surface area contributed by atoms with Crippen molar-refractivity contribution in [2.24, 2.45) is 0 Å². The Kier molecular flexibility index (Phi) is 7.69. The summed E-state index contributed by atoms with van der Waals surface area (Å²) in [6, 6.07) is 26.6. The third kappa shape index (κ3) is 7.08. The number of unbranched alkanes of at least 4 members (excludes halogenated alkanes) is 1. The molecule has 0 unspecified atom stereocenters. The van der Waals surface area contributed by atoms with Crippen molar-refractivity contribution in [3.05, 3.63) is 108 Å². The third-order valence-electron chi connectivity index (χ3n) is 4.56. The first-order valence-corrected chi connectivity index (χ1v) is 9.88. The van der Waals surface area contributed by atoms with Crippen LogP contribution in [0.5, 0.6) is 5.75 Å². The highest BCUT2D eigenvalue weighted by atomic mass is 19.4. The molecule has 0 saturated heterocycles. The monoisotopic (exact) mass is 411 g/mol. The van der Waals surface area contributed by atoms with E-state index in [9.17, 15) is 13.2 Å². The lowest BCUT2D eigenvalue weighted by Gasteiger charge is -2.10. The Morgan fingerprint density at radius 1 is 0.800 bits per heavy atom. The molecular formula is C25H24F3NO. The topological polar surface area (TPSA) is 21.3 Å². The van der Waals surface area contributed by atoms with E-state index in [0.29, 0.717) is 6.54 Å². The summed E-state index contributed by atoms with van der Waals surface area (Å²) in [5, 5.41) is 3.33. The van der Waals surface area contributed by atoms with Crippen LogP contribution < -0.4 is 10.1 Å². The maximum absolute atomic E-state index is 12.2. The summed E-state index contributed by atoms with van der Waals surface area (Å²) in [6.45, 7) is 1.41. The number of benzene rings is 3. The van der Waals surface area contributed by atoms with Crippen molar-refractivity contribution in [1.29, 1.82) is 0 Å². The molecule has 3 rings (SSSR count). The Morgan fingerprint density at radius 3 is 1.90 bits per heavy atom. The van der Waals surface area contributed by atoms with Gasteiger partial charge in [0.15, 0.2) is 0 Å². The molecule has 0 heterocycles. The Labute approximate surface area is 175 Å². The molecule has 0 saturated carbocycles. The second-order valence-corrected chi connectivity index (χ2v) is 6.86. The van der Waals surface area contributed by atoms with E-state index in [1.165, 1.54) is 28.8 Å². The molecule has 1 N–H and O–H groups in total. The number of alkyl halides is 3. The fourth-order valence-electron chi connectivity index (χ4n) is 3.15. The lowest BCUT2D eigenvalue weighted by atomic mass is 9.96. The van der Waals surface area contributed by atoms with Crippen LogP contribution >= 0.6 is 0 Å². The molecule has 0 bridgehead atoms. The van der Waals surface area contributed by atoms with Gasteiger partial charge < -0.3 is 10.1 Å². The minimum atomic E-state index is -4.66. The van der Waals surface area contributed by atoms with E-state index in [0.717, 1.165) is 24.9 Å². The van der Waals surface area contributed by atoms with Gasteiger partial charge in [-0.3, -0.25) is 0 Å². The third-order valence-corrected chi connectivity index (χ3v) is 4.56. The summed E-state index contributed by atoms with van der Waals surface area (Å²) < 4.78 is 40.5. The van der Waals surface area contributed by atoms with E-state index in [2.05, 4.69) is 40.4 Å². The second-order valence-electron chi connectivity index (χ2n) is 6.86. The molecule has 0 fully saturated rings.